The highest BCUT2D eigenvalue weighted by molar-refractivity contribution is 5.78. The SMILES string of the molecule is CC(C)c1ccc(Cn2c(N)nc3cc(F)ccc32)cc1. The molecule has 0 bridgehead atoms. The first kappa shape index (κ1) is 13.6. The number of rotatable bonds is 3. The van der Waals surface area contributed by atoms with Crippen molar-refractivity contribution in [2.75, 3.05) is 5.73 Å². The Morgan fingerprint density at radius 3 is 2.52 bits per heavy atom. The number of nitrogen functional groups attached to an aromatic ring is 1. The Balaban J connectivity index is 1.96. The topological polar surface area (TPSA) is 43.8 Å². The largest absolute Gasteiger partial charge is 0.369 e. The van der Waals surface area contributed by atoms with Crippen LogP contribution in [-0.4, -0.2) is 9.55 Å². The van der Waals surface area contributed by atoms with Crippen LogP contribution in [0.4, 0.5) is 10.3 Å². The van der Waals surface area contributed by atoms with E-state index < -0.39 is 0 Å². The summed E-state index contributed by atoms with van der Waals surface area (Å²) in [6, 6.07) is 13.0. The molecule has 2 aromatic carbocycles. The molecule has 3 rings (SSSR count). The van der Waals surface area contributed by atoms with Crippen molar-refractivity contribution in [2.45, 2.75) is 26.3 Å². The Kier molecular flexibility index (Phi) is 3.37. The van der Waals surface area contributed by atoms with Crippen LogP contribution in [0, 0.1) is 5.82 Å². The van der Waals surface area contributed by atoms with Gasteiger partial charge in [-0.15, -0.1) is 0 Å². The maximum atomic E-state index is 13.2. The summed E-state index contributed by atoms with van der Waals surface area (Å²) in [5, 5.41) is 0. The predicted molar refractivity (Wildman–Crippen MR) is 83.7 cm³/mol. The number of imidazole rings is 1. The fraction of sp³-hybridized carbons (Fsp3) is 0.235. The second-order valence-electron chi connectivity index (χ2n) is 5.59. The maximum absolute atomic E-state index is 13.2. The summed E-state index contributed by atoms with van der Waals surface area (Å²) >= 11 is 0. The van der Waals surface area contributed by atoms with Crippen LogP contribution in [0.1, 0.15) is 30.9 Å². The second-order valence-corrected chi connectivity index (χ2v) is 5.59. The number of nitrogens with two attached hydrogens (primary N) is 1. The van der Waals surface area contributed by atoms with Crippen molar-refractivity contribution in [3.63, 3.8) is 0 Å². The van der Waals surface area contributed by atoms with E-state index >= 15 is 0 Å². The molecule has 0 fully saturated rings. The lowest BCUT2D eigenvalue weighted by Crippen LogP contribution is -2.04. The Hall–Kier alpha value is -2.36. The number of hydrogen-bond donors (Lipinski definition) is 1. The minimum atomic E-state index is -0.298. The van der Waals surface area contributed by atoms with E-state index in [0.29, 0.717) is 23.9 Å². The Labute approximate surface area is 123 Å². The summed E-state index contributed by atoms with van der Waals surface area (Å²) in [6.07, 6.45) is 0. The highest BCUT2D eigenvalue weighted by atomic mass is 19.1. The van der Waals surface area contributed by atoms with Crippen LogP contribution in [0.25, 0.3) is 11.0 Å². The van der Waals surface area contributed by atoms with Gasteiger partial charge in [-0.1, -0.05) is 38.1 Å². The molecule has 21 heavy (non-hydrogen) atoms. The highest BCUT2D eigenvalue weighted by Gasteiger charge is 2.09. The van der Waals surface area contributed by atoms with Gasteiger partial charge >= 0.3 is 0 Å². The molecule has 0 spiro atoms. The lowest BCUT2D eigenvalue weighted by molar-refractivity contribution is 0.629. The molecule has 0 aliphatic carbocycles. The fourth-order valence-corrected chi connectivity index (χ4v) is 2.48. The van der Waals surface area contributed by atoms with Crippen LogP contribution in [0.2, 0.25) is 0 Å². The van der Waals surface area contributed by atoms with Gasteiger partial charge in [-0.25, -0.2) is 9.37 Å². The Morgan fingerprint density at radius 1 is 1.14 bits per heavy atom. The third-order valence-electron chi connectivity index (χ3n) is 3.73. The summed E-state index contributed by atoms with van der Waals surface area (Å²) in [5.41, 5.74) is 9.85. The molecule has 0 saturated heterocycles. The van der Waals surface area contributed by atoms with E-state index in [1.54, 1.807) is 6.07 Å². The highest BCUT2D eigenvalue weighted by Crippen LogP contribution is 2.21. The molecule has 0 radical (unpaired) electrons. The first-order valence-electron chi connectivity index (χ1n) is 7.04. The monoisotopic (exact) mass is 283 g/mol. The Morgan fingerprint density at radius 2 is 1.86 bits per heavy atom. The first-order chi connectivity index (χ1) is 10.0. The first-order valence-corrected chi connectivity index (χ1v) is 7.04. The molecular formula is C17H18FN3. The predicted octanol–water partition coefficient (Wildman–Crippen LogP) is 3.93. The van der Waals surface area contributed by atoms with Gasteiger partial charge in [-0.2, -0.15) is 0 Å². The normalized spacial score (nSPS) is 11.4. The average molecular weight is 283 g/mol. The van der Waals surface area contributed by atoms with Gasteiger partial charge in [0.15, 0.2) is 0 Å². The van der Waals surface area contributed by atoms with Crippen molar-refractivity contribution in [3.8, 4) is 0 Å². The molecule has 0 atom stereocenters. The molecule has 1 aromatic heterocycles. The van der Waals surface area contributed by atoms with Crippen molar-refractivity contribution in [1.82, 2.24) is 9.55 Å². The van der Waals surface area contributed by atoms with E-state index in [4.69, 9.17) is 5.73 Å². The van der Waals surface area contributed by atoms with E-state index in [1.807, 2.05) is 4.57 Å². The van der Waals surface area contributed by atoms with Crippen LogP contribution in [-0.2, 0) is 6.54 Å². The third-order valence-corrected chi connectivity index (χ3v) is 3.73. The van der Waals surface area contributed by atoms with Gasteiger partial charge in [0.1, 0.15) is 5.82 Å². The van der Waals surface area contributed by atoms with E-state index in [9.17, 15) is 4.39 Å². The van der Waals surface area contributed by atoms with Gasteiger partial charge in [0, 0.05) is 6.07 Å². The van der Waals surface area contributed by atoms with Gasteiger partial charge in [0.25, 0.3) is 0 Å². The summed E-state index contributed by atoms with van der Waals surface area (Å²) in [7, 11) is 0. The molecule has 4 heteroatoms. The van der Waals surface area contributed by atoms with Crippen molar-refractivity contribution in [1.29, 1.82) is 0 Å². The van der Waals surface area contributed by atoms with Gasteiger partial charge in [0.2, 0.25) is 5.95 Å². The number of hydrogen-bond acceptors (Lipinski definition) is 2. The van der Waals surface area contributed by atoms with Crippen molar-refractivity contribution in [2.24, 2.45) is 0 Å². The number of benzene rings is 2. The molecule has 0 amide bonds. The van der Waals surface area contributed by atoms with Crippen LogP contribution >= 0.6 is 0 Å². The quantitative estimate of drug-likeness (QED) is 0.791. The number of anilines is 1. The average Bonchev–Trinajstić information content (AvgIpc) is 2.75. The van der Waals surface area contributed by atoms with Crippen LogP contribution in [0.5, 0.6) is 0 Å². The zero-order valence-electron chi connectivity index (χ0n) is 12.2. The molecular weight excluding hydrogens is 265 g/mol. The zero-order valence-corrected chi connectivity index (χ0v) is 12.2. The van der Waals surface area contributed by atoms with Gasteiger partial charge in [-0.3, -0.25) is 0 Å². The minimum absolute atomic E-state index is 0.298. The molecule has 0 aliphatic heterocycles. The summed E-state index contributed by atoms with van der Waals surface area (Å²) in [4.78, 5) is 4.22. The molecule has 0 saturated carbocycles. The number of fused-ring (bicyclic) bond motifs is 1. The molecule has 3 nitrogen and oxygen atoms in total. The van der Waals surface area contributed by atoms with Crippen LogP contribution in [0.3, 0.4) is 0 Å². The number of aromatic nitrogens is 2. The zero-order chi connectivity index (χ0) is 15.0. The van der Waals surface area contributed by atoms with Crippen LogP contribution < -0.4 is 5.73 Å². The Bertz CT molecular complexity index is 773. The smallest absolute Gasteiger partial charge is 0.201 e. The van der Waals surface area contributed by atoms with E-state index in [-0.39, 0.29) is 5.82 Å². The van der Waals surface area contributed by atoms with Gasteiger partial charge < -0.3 is 10.3 Å². The number of halogens is 1. The van der Waals surface area contributed by atoms with Crippen molar-refractivity contribution < 1.29 is 4.39 Å². The molecule has 0 unspecified atom stereocenters. The lowest BCUT2D eigenvalue weighted by Gasteiger charge is -2.09. The maximum Gasteiger partial charge on any atom is 0.201 e. The lowest BCUT2D eigenvalue weighted by atomic mass is 10.0. The molecule has 1 heterocycles. The summed E-state index contributed by atoms with van der Waals surface area (Å²) < 4.78 is 15.1. The van der Waals surface area contributed by atoms with Crippen LogP contribution in [0.15, 0.2) is 42.5 Å². The molecule has 2 N–H and O–H groups in total. The third kappa shape index (κ3) is 2.61. The fourth-order valence-electron chi connectivity index (χ4n) is 2.48. The van der Waals surface area contributed by atoms with E-state index in [2.05, 4.69) is 43.1 Å². The van der Waals surface area contributed by atoms with Crippen molar-refractivity contribution in [3.05, 3.63) is 59.4 Å². The molecule has 3 aromatic rings. The van der Waals surface area contributed by atoms with E-state index in [1.165, 1.54) is 17.7 Å². The van der Waals surface area contributed by atoms with Gasteiger partial charge in [0.05, 0.1) is 17.6 Å². The standard InChI is InChI=1S/C17H18FN3/c1-11(2)13-5-3-12(4-6-13)10-21-16-8-7-14(18)9-15(16)20-17(21)19/h3-9,11H,10H2,1-2H3,(H2,19,20). The molecule has 108 valence electrons. The molecule has 0 aliphatic rings. The summed E-state index contributed by atoms with van der Waals surface area (Å²) in [5.74, 6) is 0.623. The van der Waals surface area contributed by atoms with Crippen molar-refractivity contribution >= 4 is 17.0 Å². The number of nitrogens with zero attached hydrogens (tertiary/aromatic N) is 2. The minimum Gasteiger partial charge on any atom is -0.369 e. The van der Waals surface area contributed by atoms with E-state index in [0.717, 1.165) is 11.1 Å². The summed E-state index contributed by atoms with van der Waals surface area (Å²) in [6.45, 7) is 4.97. The second kappa shape index (κ2) is 5.20. The van der Waals surface area contributed by atoms with Gasteiger partial charge in [-0.05, 0) is 29.2 Å².